The number of carbonyl (C=O) groups excluding carboxylic acids is 2. The Morgan fingerprint density at radius 1 is 1.33 bits per heavy atom. The maximum atomic E-state index is 11.7. The van der Waals surface area contributed by atoms with Crippen LogP contribution in [0, 0.1) is 0 Å². The Bertz CT molecular complexity index is 478. The van der Waals surface area contributed by atoms with Crippen LogP contribution in [0.1, 0.15) is 18.4 Å². The van der Waals surface area contributed by atoms with Crippen molar-refractivity contribution in [2.75, 3.05) is 19.6 Å². The molecule has 2 rings (SSSR count). The van der Waals surface area contributed by atoms with Gasteiger partial charge in [-0.05, 0) is 18.4 Å². The molecule has 0 aromatic heterocycles. The first kappa shape index (κ1) is 15.3. The molecular weight excluding hydrogens is 270 g/mol. The molecule has 0 aliphatic carbocycles. The fraction of sp³-hybridized carbons (Fsp3) is 0.467. The fourth-order valence-corrected chi connectivity index (χ4v) is 2.47. The molecule has 1 aromatic carbocycles. The van der Waals surface area contributed by atoms with E-state index in [0.717, 1.165) is 18.4 Å². The molecule has 1 saturated heterocycles. The van der Waals surface area contributed by atoms with E-state index >= 15 is 0 Å². The van der Waals surface area contributed by atoms with Crippen molar-refractivity contribution in [3.8, 4) is 0 Å². The van der Waals surface area contributed by atoms with Crippen LogP contribution < -0.4 is 11.1 Å². The van der Waals surface area contributed by atoms with Gasteiger partial charge in [0.25, 0.3) is 0 Å². The van der Waals surface area contributed by atoms with E-state index in [0.29, 0.717) is 13.1 Å². The number of amides is 2. The second kappa shape index (κ2) is 7.64. The zero-order valence-corrected chi connectivity index (χ0v) is 12.0. The average molecular weight is 291 g/mol. The average Bonchev–Trinajstić information content (AvgIpc) is 2.99. The molecular formula is C15H21N3O3. The molecule has 0 spiro atoms. The van der Waals surface area contributed by atoms with E-state index < -0.39 is 6.09 Å². The van der Waals surface area contributed by atoms with Gasteiger partial charge in [-0.1, -0.05) is 30.3 Å². The van der Waals surface area contributed by atoms with Crippen LogP contribution in [0.25, 0.3) is 0 Å². The lowest BCUT2D eigenvalue weighted by molar-refractivity contribution is -0.130. The molecule has 2 amide bonds. The summed E-state index contributed by atoms with van der Waals surface area (Å²) in [5.41, 5.74) is 6.32. The summed E-state index contributed by atoms with van der Waals surface area (Å²) >= 11 is 0. The van der Waals surface area contributed by atoms with Crippen molar-refractivity contribution >= 4 is 12.0 Å². The Balaban J connectivity index is 1.72. The number of ether oxygens (including phenoxy) is 1. The second-order valence-corrected chi connectivity index (χ2v) is 5.03. The summed E-state index contributed by atoms with van der Waals surface area (Å²) in [6, 6.07) is 9.51. The zero-order chi connectivity index (χ0) is 15.1. The molecule has 0 saturated carbocycles. The monoisotopic (exact) mass is 291 g/mol. The molecule has 1 atom stereocenters. The fourth-order valence-electron chi connectivity index (χ4n) is 2.47. The summed E-state index contributed by atoms with van der Waals surface area (Å²) in [4.78, 5) is 25.0. The van der Waals surface area contributed by atoms with Crippen molar-refractivity contribution in [3.63, 3.8) is 0 Å². The highest BCUT2D eigenvalue weighted by Gasteiger charge is 2.28. The maximum Gasteiger partial charge on any atom is 0.407 e. The normalized spacial score (nSPS) is 17.6. The summed E-state index contributed by atoms with van der Waals surface area (Å²) in [7, 11) is 0. The lowest BCUT2D eigenvalue weighted by atomic mass is 10.2. The van der Waals surface area contributed by atoms with Gasteiger partial charge >= 0.3 is 6.09 Å². The second-order valence-electron chi connectivity index (χ2n) is 5.03. The predicted molar refractivity (Wildman–Crippen MR) is 78.4 cm³/mol. The van der Waals surface area contributed by atoms with E-state index in [1.165, 1.54) is 0 Å². The highest BCUT2D eigenvalue weighted by Crippen LogP contribution is 2.16. The Hall–Kier alpha value is -2.08. The Morgan fingerprint density at radius 2 is 2.10 bits per heavy atom. The number of carbonyl (C=O) groups is 2. The molecule has 21 heavy (non-hydrogen) atoms. The lowest BCUT2D eigenvalue weighted by Gasteiger charge is -2.24. The number of hydrogen-bond donors (Lipinski definition) is 2. The summed E-state index contributed by atoms with van der Waals surface area (Å²) in [5, 5.41) is 2.71. The molecule has 3 N–H and O–H groups in total. The first-order valence-corrected chi connectivity index (χ1v) is 7.15. The molecule has 6 heteroatoms. The van der Waals surface area contributed by atoms with E-state index in [9.17, 15) is 9.59 Å². The Morgan fingerprint density at radius 3 is 2.81 bits per heavy atom. The van der Waals surface area contributed by atoms with Gasteiger partial charge in [-0.15, -0.1) is 0 Å². The van der Waals surface area contributed by atoms with Gasteiger partial charge < -0.3 is 20.7 Å². The minimum Gasteiger partial charge on any atom is -0.445 e. The molecule has 1 aliphatic rings. The van der Waals surface area contributed by atoms with Gasteiger partial charge in [0.15, 0.2) is 0 Å². The van der Waals surface area contributed by atoms with Crippen molar-refractivity contribution in [1.29, 1.82) is 0 Å². The lowest BCUT2D eigenvalue weighted by Crippen LogP contribution is -2.45. The van der Waals surface area contributed by atoms with E-state index in [2.05, 4.69) is 5.32 Å². The number of alkyl carbamates (subject to hydrolysis) is 1. The maximum absolute atomic E-state index is 11.7. The van der Waals surface area contributed by atoms with Crippen molar-refractivity contribution in [3.05, 3.63) is 35.9 Å². The van der Waals surface area contributed by atoms with Crippen molar-refractivity contribution in [2.24, 2.45) is 5.73 Å². The van der Waals surface area contributed by atoms with Gasteiger partial charge in [0.05, 0.1) is 6.54 Å². The smallest absolute Gasteiger partial charge is 0.407 e. The largest absolute Gasteiger partial charge is 0.445 e. The third-order valence-corrected chi connectivity index (χ3v) is 3.57. The van der Waals surface area contributed by atoms with Gasteiger partial charge in [-0.3, -0.25) is 4.79 Å². The first-order chi connectivity index (χ1) is 10.2. The molecule has 114 valence electrons. The van der Waals surface area contributed by atoms with Crippen LogP contribution in [-0.2, 0) is 16.1 Å². The van der Waals surface area contributed by atoms with Crippen LogP contribution in [0.4, 0.5) is 4.79 Å². The van der Waals surface area contributed by atoms with Gasteiger partial charge in [0.1, 0.15) is 6.61 Å². The highest BCUT2D eigenvalue weighted by atomic mass is 16.5. The van der Waals surface area contributed by atoms with Crippen molar-refractivity contribution < 1.29 is 14.3 Å². The number of nitrogens with zero attached hydrogens (tertiary/aromatic N) is 1. The number of hydrogen-bond acceptors (Lipinski definition) is 4. The standard InChI is InChI=1S/C15H21N3O3/c16-9-14(19)18-8-4-7-13(18)10-17-15(20)21-11-12-5-2-1-3-6-12/h1-3,5-6,13H,4,7-11,16H2,(H,17,20). The van der Waals surface area contributed by atoms with E-state index in [-0.39, 0.29) is 25.1 Å². The molecule has 1 unspecified atom stereocenters. The third kappa shape index (κ3) is 4.46. The molecule has 1 aromatic rings. The van der Waals surface area contributed by atoms with Crippen LogP contribution in [0.5, 0.6) is 0 Å². The minimum atomic E-state index is -0.467. The van der Waals surface area contributed by atoms with E-state index in [1.807, 2.05) is 30.3 Å². The first-order valence-electron chi connectivity index (χ1n) is 7.15. The van der Waals surface area contributed by atoms with Gasteiger partial charge in [0, 0.05) is 19.1 Å². The molecule has 1 heterocycles. The molecule has 6 nitrogen and oxygen atoms in total. The predicted octanol–water partition coefficient (Wildman–Crippen LogP) is 0.863. The van der Waals surface area contributed by atoms with Crippen molar-refractivity contribution in [1.82, 2.24) is 10.2 Å². The number of likely N-dealkylation sites (tertiary alicyclic amines) is 1. The van der Waals surface area contributed by atoms with E-state index in [4.69, 9.17) is 10.5 Å². The summed E-state index contributed by atoms with van der Waals surface area (Å²) in [5.74, 6) is -0.0723. The topological polar surface area (TPSA) is 84.7 Å². The van der Waals surface area contributed by atoms with E-state index in [1.54, 1.807) is 4.90 Å². The molecule has 0 bridgehead atoms. The van der Waals surface area contributed by atoms with Gasteiger partial charge in [-0.25, -0.2) is 4.79 Å². The summed E-state index contributed by atoms with van der Waals surface area (Å²) in [6.07, 6.45) is 1.35. The Kier molecular flexibility index (Phi) is 5.57. The number of nitrogens with two attached hydrogens (primary N) is 1. The minimum absolute atomic E-state index is 0.00888. The number of nitrogens with one attached hydrogen (secondary N) is 1. The van der Waals surface area contributed by atoms with Gasteiger partial charge in [0.2, 0.25) is 5.91 Å². The van der Waals surface area contributed by atoms with Crippen LogP contribution >= 0.6 is 0 Å². The summed E-state index contributed by atoms with van der Waals surface area (Å²) < 4.78 is 5.13. The Labute approximate surface area is 124 Å². The molecule has 1 aliphatic heterocycles. The number of rotatable bonds is 5. The molecule has 0 radical (unpaired) electrons. The molecule has 1 fully saturated rings. The van der Waals surface area contributed by atoms with Crippen LogP contribution in [0.15, 0.2) is 30.3 Å². The van der Waals surface area contributed by atoms with Crippen molar-refractivity contribution in [2.45, 2.75) is 25.5 Å². The highest BCUT2D eigenvalue weighted by molar-refractivity contribution is 5.78. The van der Waals surface area contributed by atoms with Crippen LogP contribution in [0.2, 0.25) is 0 Å². The SMILES string of the molecule is NCC(=O)N1CCCC1CNC(=O)OCc1ccccc1. The summed E-state index contributed by atoms with van der Waals surface area (Å²) in [6.45, 7) is 1.36. The number of benzene rings is 1. The van der Waals surface area contributed by atoms with Crippen LogP contribution in [0.3, 0.4) is 0 Å². The van der Waals surface area contributed by atoms with Crippen LogP contribution in [-0.4, -0.2) is 42.6 Å². The van der Waals surface area contributed by atoms with Gasteiger partial charge in [-0.2, -0.15) is 0 Å². The third-order valence-electron chi connectivity index (χ3n) is 3.57. The quantitative estimate of drug-likeness (QED) is 0.842. The zero-order valence-electron chi connectivity index (χ0n) is 12.0.